The molecule has 0 spiro atoms. The Morgan fingerprint density at radius 3 is 2.48 bits per heavy atom. The minimum absolute atomic E-state index is 0.310. The Morgan fingerprint density at radius 2 is 1.86 bits per heavy atom. The zero-order valence-corrected chi connectivity index (χ0v) is 14.1. The highest BCUT2D eigenvalue weighted by atomic mass is 16.5. The van der Waals surface area contributed by atoms with Gasteiger partial charge in [-0.05, 0) is 50.1 Å². The Balaban J connectivity index is 1.89. The van der Waals surface area contributed by atoms with Gasteiger partial charge in [-0.2, -0.15) is 0 Å². The third-order valence-corrected chi connectivity index (χ3v) is 4.98. The molecule has 1 saturated carbocycles. The Bertz CT molecular complexity index is 414. The zero-order chi connectivity index (χ0) is 15.2. The van der Waals surface area contributed by atoms with Crippen molar-refractivity contribution in [3.63, 3.8) is 0 Å². The van der Waals surface area contributed by atoms with Crippen LogP contribution in [0.5, 0.6) is 0 Å². The number of nitrogens with one attached hydrogen (secondary N) is 1. The van der Waals surface area contributed by atoms with E-state index in [4.69, 9.17) is 4.74 Å². The molecule has 118 valence electrons. The summed E-state index contributed by atoms with van der Waals surface area (Å²) >= 11 is 0. The summed E-state index contributed by atoms with van der Waals surface area (Å²) in [5.41, 5.74) is 2.64. The lowest BCUT2D eigenvalue weighted by atomic mass is 9.80. The van der Waals surface area contributed by atoms with E-state index in [-0.39, 0.29) is 0 Å². The second kappa shape index (κ2) is 7.95. The number of likely N-dealkylation sites (N-methyl/N-ethyl adjacent to an activating group) is 1. The summed E-state index contributed by atoms with van der Waals surface area (Å²) in [4.78, 5) is 0. The van der Waals surface area contributed by atoms with Gasteiger partial charge >= 0.3 is 0 Å². The van der Waals surface area contributed by atoms with E-state index in [0.29, 0.717) is 12.1 Å². The molecule has 2 rings (SSSR count). The molecule has 0 aromatic heterocycles. The zero-order valence-electron chi connectivity index (χ0n) is 14.1. The van der Waals surface area contributed by atoms with Gasteiger partial charge in [0.05, 0.1) is 18.8 Å². The highest BCUT2D eigenvalue weighted by Crippen LogP contribution is 2.31. The lowest BCUT2D eigenvalue weighted by molar-refractivity contribution is -0.00744. The highest BCUT2D eigenvalue weighted by molar-refractivity contribution is 5.24. The average Bonchev–Trinajstić information content (AvgIpc) is 2.48. The largest absolute Gasteiger partial charge is 0.376 e. The highest BCUT2D eigenvalue weighted by Gasteiger charge is 2.25. The lowest BCUT2D eigenvalue weighted by Gasteiger charge is -2.33. The Hall–Kier alpha value is -0.860. The molecule has 1 aliphatic rings. The van der Waals surface area contributed by atoms with Crippen molar-refractivity contribution in [1.82, 2.24) is 5.32 Å². The number of ether oxygens (including phenoxy) is 1. The van der Waals surface area contributed by atoms with Crippen LogP contribution in [0.4, 0.5) is 0 Å². The summed E-state index contributed by atoms with van der Waals surface area (Å²) in [6.45, 7) is 10.8. The van der Waals surface area contributed by atoms with Crippen molar-refractivity contribution in [3.05, 3.63) is 35.4 Å². The van der Waals surface area contributed by atoms with Gasteiger partial charge in [-0.25, -0.2) is 0 Å². The summed E-state index contributed by atoms with van der Waals surface area (Å²) in [7, 11) is 0. The van der Waals surface area contributed by atoms with Gasteiger partial charge in [0, 0.05) is 0 Å². The van der Waals surface area contributed by atoms with E-state index in [1.807, 2.05) is 0 Å². The van der Waals surface area contributed by atoms with E-state index in [0.717, 1.165) is 25.0 Å². The van der Waals surface area contributed by atoms with Crippen LogP contribution in [-0.4, -0.2) is 19.3 Å². The molecule has 0 heterocycles. The molecule has 1 aromatic carbocycles. The summed E-state index contributed by atoms with van der Waals surface area (Å²) in [5.74, 6) is 1.65. The fraction of sp³-hybridized carbons (Fsp3) is 0.684. The Morgan fingerprint density at radius 1 is 1.14 bits per heavy atom. The molecule has 1 N–H and O–H groups in total. The molecule has 0 amide bonds. The van der Waals surface area contributed by atoms with Crippen LogP contribution in [0.25, 0.3) is 0 Å². The first-order valence-electron chi connectivity index (χ1n) is 8.51. The van der Waals surface area contributed by atoms with Crippen LogP contribution < -0.4 is 5.32 Å². The van der Waals surface area contributed by atoms with E-state index in [1.165, 1.54) is 30.4 Å². The molecular weight excluding hydrogens is 258 g/mol. The van der Waals surface area contributed by atoms with Gasteiger partial charge in [-0.1, -0.05) is 50.6 Å². The van der Waals surface area contributed by atoms with Crippen molar-refractivity contribution < 1.29 is 4.74 Å². The van der Waals surface area contributed by atoms with E-state index >= 15 is 0 Å². The molecule has 4 unspecified atom stereocenters. The van der Waals surface area contributed by atoms with Gasteiger partial charge in [0.1, 0.15) is 0 Å². The van der Waals surface area contributed by atoms with Gasteiger partial charge in [0.25, 0.3) is 0 Å². The van der Waals surface area contributed by atoms with Gasteiger partial charge < -0.3 is 10.1 Å². The summed E-state index contributed by atoms with van der Waals surface area (Å²) < 4.78 is 6.24. The molecule has 1 aromatic rings. The Labute approximate surface area is 130 Å². The summed E-state index contributed by atoms with van der Waals surface area (Å²) in [6.07, 6.45) is 4.19. The first-order valence-corrected chi connectivity index (χ1v) is 8.51. The molecule has 0 saturated heterocycles. The molecule has 0 aliphatic heterocycles. The van der Waals surface area contributed by atoms with Crippen LogP contribution in [0.2, 0.25) is 0 Å². The van der Waals surface area contributed by atoms with Gasteiger partial charge in [0.2, 0.25) is 0 Å². The molecule has 2 heteroatoms. The monoisotopic (exact) mass is 289 g/mol. The quantitative estimate of drug-likeness (QED) is 0.833. The van der Waals surface area contributed by atoms with E-state index < -0.39 is 0 Å². The lowest BCUT2D eigenvalue weighted by Crippen LogP contribution is -2.31. The second-order valence-corrected chi connectivity index (χ2v) is 6.74. The first-order chi connectivity index (χ1) is 10.1. The van der Waals surface area contributed by atoms with Gasteiger partial charge in [0.15, 0.2) is 0 Å². The van der Waals surface area contributed by atoms with Crippen LogP contribution >= 0.6 is 0 Å². The molecule has 0 radical (unpaired) electrons. The number of aryl methyl sites for hydroxylation is 1. The molecule has 0 bridgehead atoms. The maximum absolute atomic E-state index is 6.24. The standard InChI is InChI=1S/C19H31NO/c1-5-20-19(17-9-6-14(2)7-10-17)13-21-18-11-8-15(3)16(4)12-18/h6-7,9-10,15-16,18-20H,5,8,11-13H2,1-4H3. The molecule has 4 atom stereocenters. The smallest absolute Gasteiger partial charge is 0.0665 e. The fourth-order valence-electron chi connectivity index (χ4n) is 3.20. The Kier molecular flexibility index (Phi) is 6.25. The van der Waals surface area contributed by atoms with Crippen molar-refractivity contribution in [2.24, 2.45) is 11.8 Å². The van der Waals surface area contributed by atoms with Gasteiger partial charge in [-0.3, -0.25) is 0 Å². The maximum Gasteiger partial charge on any atom is 0.0665 e. The third kappa shape index (κ3) is 4.82. The van der Waals surface area contributed by atoms with E-state index in [9.17, 15) is 0 Å². The maximum atomic E-state index is 6.24. The van der Waals surface area contributed by atoms with Crippen LogP contribution in [0, 0.1) is 18.8 Å². The number of rotatable bonds is 6. The minimum atomic E-state index is 0.310. The van der Waals surface area contributed by atoms with Crippen LogP contribution in [0.3, 0.4) is 0 Å². The van der Waals surface area contributed by atoms with Crippen LogP contribution in [0.15, 0.2) is 24.3 Å². The van der Waals surface area contributed by atoms with E-state index in [1.54, 1.807) is 0 Å². The second-order valence-electron chi connectivity index (χ2n) is 6.74. The predicted molar refractivity (Wildman–Crippen MR) is 89.5 cm³/mol. The third-order valence-electron chi connectivity index (χ3n) is 4.98. The average molecular weight is 289 g/mol. The van der Waals surface area contributed by atoms with Gasteiger partial charge in [-0.15, -0.1) is 0 Å². The van der Waals surface area contributed by atoms with E-state index in [2.05, 4.69) is 57.3 Å². The molecule has 1 aliphatic carbocycles. The van der Waals surface area contributed by atoms with Crippen molar-refractivity contribution >= 4 is 0 Å². The number of hydrogen-bond acceptors (Lipinski definition) is 2. The predicted octanol–water partition coefficient (Wildman–Crippen LogP) is 4.49. The molecule has 21 heavy (non-hydrogen) atoms. The van der Waals surface area contributed by atoms with Crippen LogP contribution in [0.1, 0.15) is 57.2 Å². The summed E-state index contributed by atoms with van der Waals surface area (Å²) in [5, 5.41) is 3.55. The van der Waals surface area contributed by atoms with Crippen molar-refractivity contribution in [2.75, 3.05) is 13.2 Å². The van der Waals surface area contributed by atoms with Crippen molar-refractivity contribution in [3.8, 4) is 0 Å². The fourth-order valence-corrected chi connectivity index (χ4v) is 3.20. The van der Waals surface area contributed by atoms with Crippen LogP contribution in [-0.2, 0) is 4.74 Å². The first kappa shape index (κ1) is 16.5. The molecular formula is C19H31NO. The SMILES string of the molecule is CCNC(COC1CCC(C)C(C)C1)c1ccc(C)cc1. The minimum Gasteiger partial charge on any atom is -0.376 e. The number of hydrogen-bond donors (Lipinski definition) is 1. The normalized spacial score (nSPS) is 27.5. The topological polar surface area (TPSA) is 21.3 Å². The molecule has 2 nitrogen and oxygen atoms in total. The summed E-state index contributed by atoms with van der Waals surface area (Å²) in [6, 6.07) is 9.12. The number of benzene rings is 1. The molecule has 1 fully saturated rings. The van der Waals surface area contributed by atoms with Crippen molar-refractivity contribution in [2.45, 2.75) is 59.1 Å². The van der Waals surface area contributed by atoms with Crippen molar-refractivity contribution in [1.29, 1.82) is 0 Å².